The number of anilines is 4. The lowest BCUT2D eigenvalue weighted by molar-refractivity contribution is 0.0980. The van der Waals surface area contributed by atoms with Crippen LogP contribution >= 0.6 is 0 Å². The minimum Gasteiger partial charge on any atom is -0.396 e. The van der Waals surface area contributed by atoms with Crippen molar-refractivity contribution in [1.29, 1.82) is 5.26 Å². The Morgan fingerprint density at radius 2 is 1.50 bits per heavy atom. The van der Waals surface area contributed by atoms with Crippen molar-refractivity contribution >= 4 is 34.3 Å². The van der Waals surface area contributed by atoms with Crippen molar-refractivity contribution in [2.75, 3.05) is 29.5 Å². The molecule has 0 spiro atoms. The number of aliphatic hydroxyl groups is 1. The van der Waals surface area contributed by atoms with Gasteiger partial charge in [0.1, 0.15) is 11.6 Å². The van der Waals surface area contributed by atoms with Gasteiger partial charge in [-0.1, -0.05) is 42.5 Å². The van der Waals surface area contributed by atoms with Gasteiger partial charge in [0.05, 0.1) is 34.8 Å². The van der Waals surface area contributed by atoms with Crippen LogP contribution in [0.2, 0.25) is 0 Å². The van der Waals surface area contributed by atoms with Crippen LogP contribution < -0.4 is 16.4 Å². The fraction of sp³-hybridized carbons (Fsp3) is 0.0870. The van der Waals surface area contributed by atoms with Gasteiger partial charge >= 0.3 is 0 Å². The van der Waals surface area contributed by atoms with Gasteiger partial charge in [-0.3, -0.25) is 9.59 Å². The monoisotopic (exact) mass is 398 g/mol. The topological polar surface area (TPSA) is 128 Å². The van der Waals surface area contributed by atoms with Gasteiger partial charge in [0.15, 0.2) is 11.6 Å². The van der Waals surface area contributed by atoms with Crippen LogP contribution in [-0.4, -0.2) is 29.8 Å². The molecule has 3 aromatic carbocycles. The Bertz CT molecular complexity index is 1210. The molecule has 0 saturated carbocycles. The molecule has 0 aromatic heterocycles. The van der Waals surface area contributed by atoms with Crippen molar-refractivity contribution in [2.45, 2.75) is 0 Å². The molecule has 148 valence electrons. The first-order valence-corrected chi connectivity index (χ1v) is 9.33. The molecule has 5 N–H and O–H groups in total. The molecule has 0 radical (unpaired) electrons. The van der Waals surface area contributed by atoms with Gasteiger partial charge in [0, 0.05) is 23.4 Å². The van der Waals surface area contributed by atoms with Crippen LogP contribution in [0.15, 0.2) is 54.6 Å². The van der Waals surface area contributed by atoms with Crippen LogP contribution in [0, 0.1) is 11.3 Å². The quantitative estimate of drug-likeness (QED) is 0.380. The predicted molar refractivity (Wildman–Crippen MR) is 114 cm³/mol. The second-order valence-electron chi connectivity index (χ2n) is 6.75. The summed E-state index contributed by atoms with van der Waals surface area (Å²) < 4.78 is 0. The molecule has 3 aromatic rings. The summed E-state index contributed by atoms with van der Waals surface area (Å²) in [6.45, 7) is -0.0697. The van der Waals surface area contributed by atoms with Crippen LogP contribution in [0.1, 0.15) is 37.4 Å². The number of nitrogen functional groups attached to an aromatic ring is 1. The maximum atomic E-state index is 13.4. The van der Waals surface area contributed by atoms with Gasteiger partial charge in [0.2, 0.25) is 0 Å². The number of hydrogen-bond acceptors (Lipinski definition) is 7. The summed E-state index contributed by atoms with van der Waals surface area (Å²) >= 11 is 0. The van der Waals surface area contributed by atoms with E-state index in [-0.39, 0.29) is 69.6 Å². The van der Waals surface area contributed by atoms with Crippen LogP contribution in [0.25, 0.3) is 0 Å². The molecular formula is C23H18N4O3. The molecule has 4 rings (SSSR count). The van der Waals surface area contributed by atoms with E-state index in [9.17, 15) is 20.0 Å². The number of carbonyl (C=O) groups is 2. The first-order valence-electron chi connectivity index (χ1n) is 9.33. The fourth-order valence-electron chi connectivity index (χ4n) is 3.65. The standard InChI is InChI=1S/C23H18N4O3/c24-12-16-20(27-13-6-2-1-3-7-13)18-17(19(25)21(16)26-10-11-28)22(29)14-8-4-5-9-15(14)23(18)30/h1-9,26-28H,10-11,25H2. The van der Waals surface area contributed by atoms with E-state index in [1.165, 1.54) is 0 Å². The van der Waals surface area contributed by atoms with Gasteiger partial charge in [-0.15, -0.1) is 0 Å². The van der Waals surface area contributed by atoms with Crippen molar-refractivity contribution in [2.24, 2.45) is 0 Å². The van der Waals surface area contributed by atoms with E-state index in [1.54, 1.807) is 36.4 Å². The Balaban J connectivity index is 2.04. The number of nitrogens with two attached hydrogens (primary N) is 1. The van der Waals surface area contributed by atoms with Crippen molar-refractivity contribution < 1.29 is 14.7 Å². The molecule has 30 heavy (non-hydrogen) atoms. The highest BCUT2D eigenvalue weighted by molar-refractivity contribution is 6.33. The number of fused-ring (bicyclic) bond motifs is 2. The maximum absolute atomic E-state index is 13.4. The number of aliphatic hydroxyl groups excluding tert-OH is 1. The van der Waals surface area contributed by atoms with E-state index in [1.807, 2.05) is 18.2 Å². The maximum Gasteiger partial charge on any atom is 0.196 e. The Morgan fingerprint density at radius 1 is 0.900 bits per heavy atom. The molecule has 0 bridgehead atoms. The minimum atomic E-state index is -0.384. The number of hydrogen-bond donors (Lipinski definition) is 4. The zero-order valence-corrected chi connectivity index (χ0v) is 15.9. The molecule has 1 aliphatic carbocycles. The first kappa shape index (κ1) is 19.2. The lowest BCUT2D eigenvalue weighted by atomic mass is 9.80. The third-order valence-electron chi connectivity index (χ3n) is 4.98. The molecule has 0 heterocycles. The van der Waals surface area contributed by atoms with Gasteiger partial charge in [-0.25, -0.2) is 0 Å². The summed E-state index contributed by atoms with van der Waals surface area (Å²) in [6.07, 6.45) is 0. The van der Waals surface area contributed by atoms with Gasteiger partial charge in [-0.05, 0) is 12.1 Å². The SMILES string of the molecule is N#Cc1c(NCCO)c(N)c2c(c1Nc1ccccc1)C(=O)c1ccccc1C2=O. The molecule has 7 nitrogen and oxygen atoms in total. The summed E-state index contributed by atoms with van der Waals surface area (Å²) in [6, 6.07) is 17.7. The highest BCUT2D eigenvalue weighted by atomic mass is 16.3. The van der Waals surface area contributed by atoms with E-state index in [0.29, 0.717) is 5.69 Å². The lowest BCUT2D eigenvalue weighted by Gasteiger charge is -2.26. The highest BCUT2D eigenvalue weighted by Gasteiger charge is 2.36. The molecule has 0 unspecified atom stereocenters. The van der Waals surface area contributed by atoms with Gasteiger partial charge < -0.3 is 21.5 Å². The van der Waals surface area contributed by atoms with Crippen LogP contribution in [-0.2, 0) is 0 Å². The second-order valence-corrected chi connectivity index (χ2v) is 6.75. The first-order chi connectivity index (χ1) is 14.6. The van der Waals surface area contributed by atoms with Gasteiger partial charge in [0.25, 0.3) is 0 Å². The largest absolute Gasteiger partial charge is 0.396 e. The number of nitrogens with zero attached hydrogens (tertiary/aromatic N) is 1. The summed E-state index contributed by atoms with van der Waals surface area (Å²) in [5, 5.41) is 25.2. The van der Waals surface area contributed by atoms with Gasteiger partial charge in [-0.2, -0.15) is 5.26 Å². The van der Waals surface area contributed by atoms with Crippen LogP contribution in [0.4, 0.5) is 22.7 Å². The predicted octanol–water partition coefficient (Wildman–Crippen LogP) is 3.06. The summed E-state index contributed by atoms with van der Waals surface area (Å²) in [7, 11) is 0. The van der Waals surface area contributed by atoms with E-state index in [2.05, 4.69) is 16.7 Å². The number of benzene rings is 3. The lowest BCUT2D eigenvalue weighted by Crippen LogP contribution is -2.25. The minimum absolute atomic E-state index is 0.0152. The van der Waals surface area contributed by atoms with Crippen molar-refractivity contribution in [3.05, 3.63) is 82.4 Å². The average molecular weight is 398 g/mol. The summed E-state index contributed by atoms with van der Waals surface area (Å²) in [5.41, 5.74) is 8.15. The molecule has 0 atom stereocenters. The van der Waals surface area contributed by atoms with E-state index < -0.39 is 0 Å². The molecule has 0 saturated heterocycles. The number of para-hydroxylation sites is 1. The third-order valence-corrected chi connectivity index (χ3v) is 4.98. The zero-order chi connectivity index (χ0) is 21.3. The number of nitrogens with one attached hydrogen (secondary N) is 2. The van der Waals surface area contributed by atoms with E-state index in [4.69, 9.17) is 5.73 Å². The Hall–Kier alpha value is -4.15. The average Bonchev–Trinajstić information content (AvgIpc) is 2.78. The van der Waals surface area contributed by atoms with Crippen LogP contribution in [0.5, 0.6) is 0 Å². The number of carbonyl (C=O) groups excluding carboxylic acids is 2. The Morgan fingerprint density at radius 3 is 2.10 bits per heavy atom. The fourth-order valence-corrected chi connectivity index (χ4v) is 3.65. The second kappa shape index (κ2) is 7.70. The molecule has 7 heteroatoms. The Labute approximate surface area is 172 Å². The Kier molecular flexibility index (Phi) is 4.92. The number of nitriles is 1. The van der Waals surface area contributed by atoms with Crippen LogP contribution in [0.3, 0.4) is 0 Å². The van der Waals surface area contributed by atoms with E-state index in [0.717, 1.165) is 0 Å². The molecule has 0 aliphatic heterocycles. The summed E-state index contributed by atoms with van der Waals surface area (Å²) in [4.78, 5) is 26.7. The molecule has 0 amide bonds. The zero-order valence-electron chi connectivity index (χ0n) is 15.9. The number of ketones is 2. The molecule has 1 aliphatic rings. The van der Waals surface area contributed by atoms with Crippen molar-refractivity contribution in [1.82, 2.24) is 0 Å². The smallest absolute Gasteiger partial charge is 0.196 e. The summed E-state index contributed by atoms with van der Waals surface area (Å²) in [5.74, 6) is -0.763. The van der Waals surface area contributed by atoms with E-state index >= 15 is 0 Å². The third kappa shape index (κ3) is 2.96. The number of rotatable bonds is 5. The highest BCUT2D eigenvalue weighted by Crippen LogP contribution is 2.43. The van der Waals surface area contributed by atoms with Crippen molar-refractivity contribution in [3.8, 4) is 6.07 Å². The molecule has 0 fully saturated rings. The van der Waals surface area contributed by atoms with Crippen molar-refractivity contribution in [3.63, 3.8) is 0 Å². The normalized spacial score (nSPS) is 12.0. The molecular weight excluding hydrogens is 380 g/mol.